The number of thioether (sulfide) groups is 1. The first-order chi connectivity index (χ1) is 16.0. The molecule has 1 N–H and O–H groups in total. The van der Waals surface area contributed by atoms with Crippen LogP contribution in [0.1, 0.15) is 55.7 Å². The van der Waals surface area contributed by atoms with E-state index in [0.29, 0.717) is 18.7 Å². The highest BCUT2D eigenvalue weighted by Crippen LogP contribution is 2.21. The molecule has 1 aliphatic carbocycles. The van der Waals surface area contributed by atoms with E-state index in [1.165, 1.54) is 5.56 Å². The number of hydrogen-bond acceptors (Lipinski definition) is 4. The summed E-state index contributed by atoms with van der Waals surface area (Å²) in [7, 11) is 1.65. The molecule has 0 aromatic heterocycles. The minimum absolute atomic E-state index is 0.00232. The van der Waals surface area contributed by atoms with E-state index >= 15 is 0 Å². The van der Waals surface area contributed by atoms with Crippen LogP contribution >= 0.6 is 11.8 Å². The molecule has 0 spiro atoms. The lowest BCUT2D eigenvalue weighted by atomic mass is 10.1. The summed E-state index contributed by atoms with van der Waals surface area (Å²) in [6, 6.07) is 15.9. The fourth-order valence-corrected chi connectivity index (χ4v) is 5.11. The average Bonchev–Trinajstić information content (AvgIpc) is 3.33. The predicted octanol–water partition coefficient (Wildman–Crippen LogP) is 5.10. The molecular weight excluding hydrogens is 432 g/mol. The number of benzene rings is 2. The molecule has 6 heteroatoms. The van der Waals surface area contributed by atoms with Crippen LogP contribution in [0.3, 0.4) is 0 Å². The number of nitrogens with one attached hydrogen (secondary N) is 1. The summed E-state index contributed by atoms with van der Waals surface area (Å²) < 4.78 is 5.21. The third-order valence-corrected chi connectivity index (χ3v) is 7.20. The zero-order chi connectivity index (χ0) is 23.6. The fourth-order valence-electron chi connectivity index (χ4n) is 4.24. The third-order valence-electron chi connectivity index (χ3n) is 6.21. The summed E-state index contributed by atoms with van der Waals surface area (Å²) in [6.45, 7) is 4.48. The lowest BCUT2D eigenvalue weighted by molar-refractivity contribution is -0.139. The van der Waals surface area contributed by atoms with E-state index in [-0.39, 0.29) is 17.9 Å². The van der Waals surface area contributed by atoms with Crippen molar-refractivity contribution < 1.29 is 14.3 Å². The number of carbonyl (C=O) groups excluding carboxylic acids is 2. The van der Waals surface area contributed by atoms with Crippen molar-refractivity contribution in [2.45, 2.75) is 70.3 Å². The Balaban J connectivity index is 1.67. The van der Waals surface area contributed by atoms with E-state index in [1.54, 1.807) is 23.8 Å². The maximum Gasteiger partial charge on any atom is 0.243 e. The highest BCUT2D eigenvalue weighted by atomic mass is 32.2. The molecule has 0 aliphatic heterocycles. The molecule has 0 bridgehead atoms. The fraction of sp³-hybridized carbons (Fsp3) is 0.481. The highest BCUT2D eigenvalue weighted by Gasteiger charge is 2.30. The second-order valence-corrected chi connectivity index (χ2v) is 9.75. The van der Waals surface area contributed by atoms with Gasteiger partial charge in [0.15, 0.2) is 0 Å². The maximum absolute atomic E-state index is 13.4. The van der Waals surface area contributed by atoms with Crippen LogP contribution in [-0.2, 0) is 21.9 Å². The summed E-state index contributed by atoms with van der Waals surface area (Å²) in [5.74, 6) is 1.88. The molecule has 1 saturated carbocycles. The molecule has 1 atom stereocenters. The standard InChI is InChI=1S/C27H36N2O3S/c1-4-25(27(31)28-23-7-5-6-8-23)29(17-21-11-9-20(2)10-12-21)26(30)19-33-18-22-13-15-24(32-3)16-14-22/h9-16,23,25H,4-8,17-19H2,1-3H3,(H,28,31)/t25-/m0/s1. The van der Waals surface area contributed by atoms with Gasteiger partial charge in [-0.05, 0) is 49.4 Å². The Kier molecular flexibility index (Phi) is 9.67. The largest absolute Gasteiger partial charge is 0.497 e. The van der Waals surface area contributed by atoms with Crippen LogP contribution in [0.4, 0.5) is 0 Å². The molecule has 33 heavy (non-hydrogen) atoms. The van der Waals surface area contributed by atoms with Gasteiger partial charge in [-0.2, -0.15) is 0 Å². The SMILES string of the molecule is CC[C@@H](C(=O)NC1CCCC1)N(Cc1ccc(C)cc1)C(=O)CSCc1ccc(OC)cc1. The van der Waals surface area contributed by atoms with Gasteiger partial charge < -0.3 is 15.0 Å². The van der Waals surface area contributed by atoms with E-state index in [9.17, 15) is 9.59 Å². The first-order valence-electron chi connectivity index (χ1n) is 11.9. The number of amides is 2. The zero-order valence-corrected chi connectivity index (χ0v) is 20.8. The van der Waals surface area contributed by atoms with Gasteiger partial charge in [0.05, 0.1) is 12.9 Å². The van der Waals surface area contributed by atoms with Crippen LogP contribution in [-0.4, -0.2) is 41.7 Å². The van der Waals surface area contributed by atoms with E-state index in [2.05, 4.69) is 17.4 Å². The van der Waals surface area contributed by atoms with E-state index in [4.69, 9.17) is 4.74 Å². The van der Waals surface area contributed by atoms with Crippen molar-refractivity contribution in [1.82, 2.24) is 10.2 Å². The van der Waals surface area contributed by atoms with Gasteiger partial charge in [-0.25, -0.2) is 0 Å². The van der Waals surface area contributed by atoms with E-state index in [1.807, 2.05) is 50.2 Å². The molecule has 178 valence electrons. The molecule has 0 unspecified atom stereocenters. The minimum atomic E-state index is -0.457. The molecule has 2 aromatic carbocycles. The second kappa shape index (κ2) is 12.7. The smallest absolute Gasteiger partial charge is 0.243 e. The van der Waals surface area contributed by atoms with Crippen molar-refractivity contribution in [2.24, 2.45) is 0 Å². The minimum Gasteiger partial charge on any atom is -0.497 e. The molecule has 1 aliphatic rings. The first kappa shape index (κ1) is 25.2. The van der Waals surface area contributed by atoms with Gasteiger partial charge in [-0.15, -0.1) is 11.8 Å². The zero-order valence-electron chi connectivity index (χ0n) is 20.0. The van der Waals surface area contributed by atoms with Gasteiger partial charge in [0.25, 0.3) is 0 Å². The van der Waals surface area contributed by atoms with Crippen molar-refractivity contribution in [1.29, 1.82) is 0 Å². The van der Waals surface area contributed by atoms with Crippen molar-refractivity contribution >= 4 is 23.6 Å². The number of ether oxygens (including phenoxy) is 1. The van der Waals surface area contributed by atoms with E-state index in [0.717, 1.165) is 48.3 Å². The van der Waals surface area contributed by atoms with Crippen molar-refractivity contribution in [3.63, 3.8) is 0 Å². The van der Waals surface area contributed by atoms with Crippen LogP contribution < -0.4 is 10.1 Å². The Morgan fingerprint density at radius 1 is 1.06 bits per heavy atom. The van der Waals surface area contributed by atoms with Gasteiger partial charge in [-0.3, -0.25) is 9.59 Å². The quantitative estimate of drug-likeness (QED) is 0.498. The van der Waals surface area contributed by atoms with Crippen LogP contribution in [0.15, 0.2) is 48.5 Å². The van der Waals surface area contributed by atoms with Gasteiger partial charge in [-0.1, -0.05) is 61.7 Å². The number of hydrogen-bond donors (Lipinski definition) is 1. The number of aryl methyl sites for hydroxylation is 1. The van der Waals surface area contributed by atoms with E-state index < -0.39 is 6.04 Å². The summed E-state index contributed by atoms with van der Waals surface area (Å²) in [5, 5.41) is 3.20. The Hall–Kier alpha value is -2.47. The van der Waals surface area contributed by atoms with Gasteiger partial charge in [0.1, 0.15) is 11.8 Å². The summed E-state index contributed by atoms with van der Waals surface area (Å²) >= 11 is 1.58. The maximum atomic E-state index is 13.4. The Morgan fingerprint density at radius 2 is 1.70 bits per heavy atom. The number of nitrogens with zero attached hydrogens (tertiary/aromatic N) is 1. The molecule has 0 radical (unpaired) electrons. The lowest BCUT2D eigenvalue weighted by Gasteiger charge is -2.31. The number of methoxy groups -OCH3 is 1. The van der Waals surface area contributed by atoms with Crippen LogP contribution in [0.5, 0.6) is 5.75 Å². The van der Waals surface area contributed by atoms with Crippen molar-refractivity contribution in [2.75, 3.05) is 12.9 Å². The highest BCUT2D eigenvalue weighted by molar-refractivity contribution is 7.99. The molecule has 0 heterocycles. The van der Waals surface area contributed by atoms with Gasteiger partial charge in [0, 0.05) is 18.3 Å². The molecule has 3 rings (SSSR count). The van der Waals surface area contributed by atoms with Gasteiger partial charge >= 0.3 is 0 Å². The lowest BCUT2D eigenvalue weighted by Crippen LogP contribution is -2.51. The Morgan fingerprint density at radius 3 is 2.30 bits per heavy atom. The molecule has 2 aromatic rings. The molecular formula is C27H36N2O3S. The molecule has 1 fully saturated rings. The monoisotopic (exact) mass is 468 g/mol. The second-order valence-electron chi connectivity index (χ2n) is 8.76. The van der Waals surface area contributed by atoms with Crippen LogP contribution in [0.2, 0.25) is 0 Å². The summed E-state index contributed by atoms with van der Waals surface area (Å²) in [6.07, 6.45) is 4.99. The summed E-state index contributed by atoms with van der Waals surface area (Å²) in [5.41, 5.74) is 3.36. The average molecular weight is 469 g/mol. The topological polar surface area (TPSA) is 58.6 Å². The van der Waals surface area contributed by atoms with Crippen molar-refractivity contribution in [3.05, 3.63) is 65.2 Å². The normalized spacial score (nSPS) is 14.6. The predicted molar refractivity (Wildman–Crippen MR) is 135 cm³/mol. The van der Waals surface area contributed by atoms with Gasteiger partial charge in [0.2, 0.25) is 11.8 Å². The van der Waals surface area contributed by atoms with Crippen molar-refractivity contribution in [3.8, 4) is 5.75 Å². The molecule has 5 nitrogen and oxygen atoms in total. The third kappa shape index (κ3) is 7.53. The van der Waals surface area contributed by atoms with Crippen LogP contribution in [0, 0.1) is 6.92 Å². The molecule has 0 saturated heterocycles. The van der Waals surface area contributed by atoms with Crippen LogP contribution in [0.25, 0.3) is 0 Å². The summed E-state index contributed by atoms with van der Waals surface area (Å²) in [4.78, 5) is 28.3. The Labute approximate surface area is 202 Å². The molecule has 2 amide bonds. The number of carbonyl (C=O) groups is 2. The number of rotatable bonds is 11. The Bertz CT molecular complexity index is 893. The first-order valence-corrected chi connectivity index (χ1v) is 13.0.